The van der Waals surface area contributed by atoms with E-state index in [1.807, 2.05) is 24.3 Å². The normalized spacial score (nSPS) is 21.4. The van der Waals surface area contributed by atoms with Crippen molar-refractivity contribution in [3.8, 4) is 0 Å². The molecule has 1 saturated carbocycles. The molecule has 0 N–H and O–H groups in total. The summed E-state index contributed by atoms with van der Waals surface area (Å²) in [5, 5.41) is 4.25. The van der Waals surface area contributed by atoms with E-state index in [-0.39, 0.29) is 0 Å². The van der Waals surface area contributed by atoms with Gasteiger partial charge in [-0.25, -0.2) is 4.98 Å². The van der Waals surface area contributed by atoms with E-state index >= 15 is 0 Å². The van der Waals surface area contributed by atoms with Gasteiger partial charge in [-0.1, -0.05) is 17.3 Å². The molecule has 1 aliphatic heterocycles. The van der Waals surface area contributed by atoms with Crippen molar-refractivity contribution in [2.24, 2.45) is 0 Å². The fourth-order valence-electron chi connectivity index (χ4n) is 3.73. The average Bonchev–Trinajstić information content (AvgIpc) is 3.05. The minimum Gasteiger partial charge on any atom is -0.441 e. The number of aromatic nitrogens is 3. The number of fused-ring (bicyclic) bond motifs is 1. The maximum absolute atomic E-state index is 5.81. The van der Waals surface area contributed by atoms with Gasteiger partial charge >= 0.3 is 0 Å². The molecule has 1 aliphatic carbocycles. The zero-order valence-corrected chi connectivity index (χ0v) is 14.2. The highest BCUT2D eigenvalue weighted by atomic mass is 16.5. The molecule has 0 unspecified atom stereocenters. The Morgan fingerprint density at radius 1 is 1.12 bits per heavy atom. The second-order valence-corrected chi connectivity index (χ2v) is 7.14. The minimum absolute atomic E-state index is 0.305. The SMILES string of the molecule is c1ccc2oc(CCCN3CCC[C@@H]3c3noc(C4CC4)n3)nc2c1. The van der Waals surface area contributed by atoms with E-state index in [0.717, 1.165) is 61.1 Å². The molecule has 2 fully saturated rings. The Kier molecular flexibility index (Phi) is 3.77. The number of aryl methyl sites for hydroxylation is 1. The van der Waals surface area contributed by atoms with Crippen LogP contribution in [-0.4, -0.2) is 33.1 Å². The van der Waals surface area contributed by atoms with Crippen LogP contribution in [0.4, 0.5) is 0 Å². The number of para-hydroxylation sites is 2. The zero-order chi connectivity index (χ0) is 16.6. The van der Waals surface area contributed by atoms with Crippen LogP contribution in [0, 0.1) is 0 Å². The van der Waals surface area contributed by atoms with Gasteiger partial charge in [0.05, 0.1) is 6.04 Å². The molecule has 6 nitrogen and oxygen atoms in total. The Balaban J connectivity index is 1.20. The molecule has 0 bridgehead atoms. The van der Waals surface area contributed by atoms with Crippen LogP contribution in [0.2, 0.25) is 0 Å². The first-order chi connectivity index (χ1) is 12.4. The van der Waals surface area contributed by atoms with Crippen molar-refractivity contribution in [1.29, 1.82) is 0 Å². The molecule has 130 valence electrons. The van der Waals surface area contributed by atoms with Crippen molar-refractivity contribution in [1.82, 2.24) is 20.0 Å². The summed E-state index contributed by atoms with van der Waals surface area (Å²) in [6, 6.07) is 8.24. The zero-order valence-electron chi connectivity index (χ0n) is 14.2. The molecule has 6 heteroatoms. The highest BCUT2D eigenvalue weighted by molar-refractivity contribution is 5.72. The Hall–Kier alpha value is -2.21. The summed E-state index contributed by atoms with van der Waals surface area (Å²) in [5.41, 5.74) is 1.81. The third-order valence-electron chi connectivity index (χ3n) is 5.22. The lowest BCUT2D eigenvalue weighted by Crippen LogP contribution is -2.25. The number of likely N-dealkylation sites (tertiary alicyclic amines) is 1. The van der Waals surface area contributed by atoms with Crippen molar-refractivity contribution in [2.75, 3.05) is 13.1 Å². The molecule has 0 amide bonds. The van der Waals surface area contributed by atoms with Crippen molar-refractivity contribution in [2.45, 2.75) is 50.5 Å². The van der Waals surface area contributed by atoms with Gasteiger partial charge in [0, 0.05) is 12.3 Å². The van der Waals surface area contributed by atoms with Crippen molar-refractivity contribution in [3.63, 3.8) is 0 Å². The summed E-state index contributed by atoms with van der Waals surface area (Å²) in [5.74, 6) is 3.07. The summed E-state index contributed by atoms with van der Waals surface area (Å²) in [6.45, 7) is 2.11. The van der Waals surface area contributed by atoms with Crippen LogP contribution in [0.15, 0.2) is 33.2 Å². The molecule has 5 rings (SSSR count). The van der Waals surface area contributed by atoms with Gasteiger partial charge in [0.15, 0.2) is 17.3 Å². The van der Waals surface area contributed by atoms with Crippen LogP contribution < -0.4 is 0 Å². The fourth-order valence-corrected chi connectivity index (χ4v) is 3.73. The third kappa shape index (κ3) is 3.06. The van der Waals surface area contributed by atoms with E-state index in [2.05, 4.69) is 20.0 Å². The molecular weight excluding hydrogens is 316 g/mol. The second-order valence-electron chi connectivity index (χ2n) is 7.14. The molecule has 3 heterocycles. The van der Waals surface area contributed by atoms with Crippen LogP contribution >= 0.6 is 0 Å². The highest BCUT2D eigenvalue weighted by Gasteiger charge is 2.33. The standard InChI is InChI=1S/C19H22N4O2/c1-2-7-16-14(5-1)20-17(24-16)8-4-12-23-11-3-6-15(23)18-21-19(25-22-18)13-9-10-13/h1-2,5,7,13,15H,3-4,6,8-12H2/t15-/m1/s1. The monoisotopic (exact) mass is 338 g/mol. The smallest absolute Gasteiger partial charge is 0.229 e. The topological polar surface area (TPSA) is 68.2 Å². The van der Waals surface area contributed by atoms with Crippen LogP contribution in [0.3, 0.4) is 0 Å². The highest BCUT2D eigenvalue weighted by Crippen LogP contribution is 2.40. The van der Waals surface area contributed by atoms with Gasteiger partial charge in [0.25, 0.3) is 0 Å². The molecule has 0 spiro atoms. The second kappa shape index (κ2) is 6.26. The van der Waals surface area contributed by atoms with Gasteiger partial charge in [0.1, 0.15) is 5.52 Å². The lowest BCUT2D eigenvalue weighted by Gasteiger charge is -2.21. The number of hydrogen-bond acceptors (Lipinski definition) is 6. The van der Waals surface area contributed by atoms with Gasteiger partial charge in [-0.2, -0.15) is 4.98 Å². The van der Waals surface area contributed by atoms with E-state index in [1.54, 1.807) is 0 Å². The van der Waals surface area contributed by atoms with Crippen LogP contribution in [0.25, 0.3) is 11.1 Å². The molecule has 3 aromatic rings. The maximum atomic E-state index is 5.81. The molecule has 2 aromatic heterocycles. The minimum atomic E-state index is 0.305. The summed E-state index contributed by atoms with van der Waals surface area (Å²) in [4.78, 5) is 11.7. The van der Waals surface area contributed by atoms with Crippen molar-refractivity contribution < 1.29 is 8.94 Å². The summed E-state index contributed by atoms with van der Waals surface area (Å²) < 4.78 is 11.3. The van der Waals surface area contributed by atoms with E-state index < -0.39 is 0 Å². The predicted molar refractivity (Wildman–Crippen MR) is 92.2 cm³/mol. The van der Waals surface area contributed by atoms with Gasteiger partial charge < -0.3 is 8.94 Å². The summed E-state index contributed by atoms with van der Waals surface area (Å²) >= 11 is 0. The van der Waals surface area contributed by atoms with E-state index in [4.69, 9.17) is 8.94 Å². The first kappa shape index (κ1) is 15.1. The average molecular weight is 338 g/mol. The number of hydrogen-bond donors (Lipinski definition) is 0. The van der Waals surface area contributed by atoms with Crippen LogP contribution in [-0.2, 0) is 6.42 Å². The first-order valence-corrected chi connectivity index (χ1v) is 9.29. The number of nitrogens with zero attached hydrogens (tertiary/aromatic N) is 4. The molecule has 2 aliphatic rings. The molecule has 0 radical (unpaired) electrons. The van der Waals surface area contributed by atoms with E-state index in [0.29, 0.717) is 12.0 Å². The van der Waals surface area contributed by atoms with Crippen molar-refractivity contribution >= 4 is 11.1 Å². The first-order valence-electron chi connectivity index (χ1n) is 9.29. The third-order valence-corrected chi connectivity index (χ3v) is 5.22. The van der Waals surface area contributed by atoms with Gasteiger partial charge in [-0.05, 0) is 57.3 Å². The van der Waals surface area contributed by atoms with Gasteiger partial charge in [-0.15, -0.1) is 0 Å². The fraction of sp³-hybridized carbons (Fsp3) is 0.526. The van der Waals surface area contributed by atoms with E-state index in [9.17, 15) is 0 Å². The van der Waals surface area contributed by atoms with Crippen LogP contribution in [0.5, 0.6) is 0 Å². The molecular formula is C19H22N4O2. The van der Waals surface area contributed by atoms with Crippen molar-refractivity contribution in [3.05, 3.63) is 41.9 Å². The molecule has 1 aromatic carbocycles. The maximum Gasteiger partial charge on any atom is 0.229 e. The number of oxazole rings is 1. The molecule has 1 atom stereocenters. The number of benzene rings is 1. The molecule has 1 saturated heterocycles. The lowest BCUT2D eigenvalue weighted by molar-refractivity contribution is 0.237. The quantitative estimate of drug-likeness (QED) is 0.680. The van der Waals surface area contributed by atoms with Gasteiger partial charge in [0.2, 0.25) is 5.89 Å². The largest absolute Gasteiger partial charge is 0.441 e. The van der Waals surface area contributed by atoms with E-state index in [1.165, 1.54) is 19.3 Å². The van der Waals surface area contributed by atoms with Gasteiger partial charge in [-0.3, -0.25) is 4.90 Å². The summed E-state index contributed by atoms with van der Waals surface area (Å²) in [6.07, 6.45) is 6.59. The number of rotatable bonds is 6. The molecule has 25 heavy (non-hydrogen) atoms. The Morgan fingerprint density at radius 3 is 2.92 bits per heavy atom. The Bertz CT molecular complexity index is 834. The Labute approximate surface area is 146 Å². The predicted octanol–water partition coefficient (Wildman–Crippen LogP) is 3.86. The van der Waals surface area contributed by atoms with Crippen LogP contribution in [0.1, 0.15) is 61.7 Å². The Morgan fingerprint density at radius 2 is 2.04 bits per heavy atom. The summed E-state index contributed by atoms with van der Waals surface area (Å²) in [7, 11) is 0. The lowest BCUT2D eigenvalue weighted by atomic mass is 10.2.